The topological polar surface area (TPSA) is 118 Å². The summed E-state index contributed by atoms with van der Waals surface area (Å²) < 4.78 is 16.7. The van der Waals surface area contributed by atoms with Gasteiger partial charge in [-0.15, -0.1) is 0 Å². The van der Waals surface area contributed by atoms with Crippen molar-refractivity contribution in [2.75, 3.05) is 18.4 Å². The molecule has 2 atom stereocenters. The molecule has 31 heavy (non-hydrogen) atoms. The Morgan fingerprint density at radius 3 is 2.77 bits per heavy atom. The highest BCUT2D eigenvalue weighted by atomic mass is 19.1. The van der Waals surface area contributed by atoms with E-state index in [1.165, 1.54) is 12.1 Å². The maximum Gasteiger partial charge on any atom is 0.254 e. The van der Waals surface area contributed by atoms with Gasteiger partial charge in [-0.1, -0.05) is 0 Å². The van der Waals surface area contributed by atoms with Gasteiger partial charge in [0.05, 0.1) is 23.7 Å². The first kappa shape index (κ1) is 20.6. The van der Waals surface area contributed by atoms with Crippen LogP contribution in [0.4, 0.5) is 15.9 Å². The van der Waals surface area contributed by atoms with Gasteiger partial charge in [-0.25, -0.2) is 4.39 Å². The van der Waals surface area contributed by atoms with Crippen molar-refractivity contribution in [2.45, 2.75) is 19.0 Å². The summed E-state index contributed by atoms with van der Waals surface area (Å²) in [6, 6.07) is 9.89. The van der Waals surface area contributed by atoms with Crippen LogP contribution in [0.1, 0.15) is 28.5 Å². The second-order valence-corrected chi connectivity index (χ2v) is 7.64. The van der Waals surface area contributed by atoms with Gasteiger partial charge >= 0.3 is 0 Å². The van der Waals surface area contributed by atoms with E-state index >= 15 is 0 Å². The predicted octanol–water partition coefficient (Wildman–Crippen LogP) is 2.18. The molecular weight excluding hydrogens is 399 g/mol. The first-order chi connectivity index (χ1) is 14.9. The average molecular weight is 422 g/mol. The number of anilines is 2. The summed E-state index contributed by atoms with van der Waals surface area (Å²) in [4.78, 5) is 14.2. The molecule has 160 valence electrons. The number of halogens is 1. The van der Waals surface area contributed by atoms with Crippen LogP contribution < -0.4 is 11.1 Å². The van der Waals surface area contributed by atoms with E-state index in [4.69, 9.17) is 5.73 Å². The quantitative estimate of drug-likeness (QED) is 0.629. The Morgan fingerprint density at radius 1 is 1.35 bits per heavy atom. The van der Waals surface area contributed by atoms with E-state index in [-0.39, 0.29) is 29.2 Å². The van der Waals surface area contributed by atoms with Gasteiger partial charge in [0.2, 0.25) is 0 Å². The summed E-state index contributed by atoms with van der Waals surface area (Å²) in [6.07, 6.45) is 4.04. The third-order valence-electron chi connectivity index (χ3n) is 5.58. The monoisotopic (exact) mass is 422 g/mol. The summed E-state index contributed by atoms with van der Waals surface area (Å²) in [5, 5.41) is 21.5. The number of amides is 1. The molecule has 0 radical (unpaired) electrons. The Hall–Kier alpha value is -3.71. The van der Waals surface area contributed by atoms with E-state index < -0.39 is 5.91 Å². The number of nitriles is 1. The number of rotatable bonds is 6. The lowest BCUT2D eigenvalue weighted by Gasteiger charge is -2.35. The lowest BCUT2D eigenvalue weighted by Crippen LogP contribution is -2.41. The first-order valence-electron chi connectivity index (χ1n) is 9.95. The molecule has 1 saturated heterocycles. The molecule has 1 fully saturated rings. The summed E-state index contributed by atoms with van der Waals surface area (Å²) in [5.41, 5.74) is 7.42. The zero-order chi connectivity index (χ0) is 22.0. The number of aryl methyl sites for hydroxylation is 1. The summed E-state index contributed by atoms with van der Waals surface area (Å²) in [6.45, 7) is 2.07. The van der Waals surface area contributed by atoms with Crippen LogP contribution in [0.25, 0.3) is 0 Å². The molecule has 1 aliphatic heterocycles. The van der Waals surface area contributed by atoms with Crippen LogP contribution in [0.3, 0.4) is 0 Å². The number of piperidine rings is 1. The lowest BCUT2D eigenvalue weighted by atomic mass is 9.93. The van der Waals surface area contributed by atoms with Gasteiger partial charge in [-0.05, 0) is 36.8 Å². The predicted molar refractivity (Wildman–Crippen MR) is 112 cm³/mol. The van der Waals surface area contributed by atoms with Crippen LogP contribution in [0.2, 0.25) is 0 Å². The molecule has 4 rings (SSSR count). The fourth-order valence-electron chi connectivity index (χ4n) is 3.88. The molecule has 2 aromatic heterocycles. The second-order valence-electron chi connectivity index (χ2n) is 7.64. The Morgan fingerprint density at radius 2 is 2.13 bits per heavy atom. The van der Waals surface area contributed by atoms with E-state index in [1.807, 2.05) is 17.8 Å². The number of nitrogens with one attached hydrogen (secondary N) is 1. The summed E-state index contributed by atoms with van der Waals surface area (Å²) >= 11 is 0. The van der Waals surface area contributed by atoms with E-state index in [1.54, 1.807) is 29.2 Å². The minimum atomic E-state index is -0.627. The number of nitrogens with zero attached hydrogens (tertiary/aromatic N) is 6. The van der Waals surface area contributed by atoms with Crippen molar-refractivity contribution < 1.29 is 9.18 Å². The van der Waals surface area contributed by atoms with E-state index in [0.29, 0.717) is 25.2 Å². The smallest absolute Gasteiger partial charge is 0.254 e. The van der Waals surface area contributed by atoms with Crippen molar-refractivity contribution in [3.63, 3.8) is 0 Å². The van der Waals surface area contributed by atoms with Crippen molar-refractivity contribution >= 4 is 17.4 Å². The van der Waals surface area contributed by atoms with Crippen molar-refractivity contribution in [1.82, 2.24) is 24.5 Å². The highest BCUT2D eigenvalue weighted by Crippen LogP contribution is 2.30. The van der Waals surface area contributed by atoms with Gasteiger partial charge < -0.3 is 11.1 Å². The third kappa shape index (κ3) is 4.41. The Bertz CT molecular complexity index is 1110. The molecular formula is C21H23FN8O. The maximum absolute atomic E-state index is 13.2. The number of carbonyl (C=O) groups is 1. The fourth-order valence-corrected chi connectivity index (χ4v) is 3.88. The number of nitrogens with two attached hydrogens (primary N) is 1. The number of carbonyl (C=O) groups excluding carboxylic acids is 1. The highest BCUT2D eigenvalue weighted by molar-refractivity contribution is 5.98. The SMILES string of the molecule is Cn1nccc1CN1CC[C@@H](n2cc(C(N)=O)c(Nc3ccc(F)cc3)n2)[C@H](C#N)C1. The zero-order valence-electron chi connectivity index (χ0n) is 17.1. The lowest BCUT2D eigenvalue weighted by molar-refractivity contribution is 0.100. The van der Waals surface area contributed by atoms with Gasteiger partial charge in [-0.2, -0.15) is 15.5 Å². The van der Waals surface area contributed by atoms with Gasteiger partial charge in [0.15, 0.2) is 5.82 Å². The number of hydrogen-bond donors (Lipinski definition) is 2. The number of aromatic nitrogens is 4. The molecule has 3 N–H and O–H groups in total. The standard InChI is InChI=1S/C21H23FN8O/c1-28-17(6-8-25-28)12-29-9-7-19(14(10-23)11-29)30-13-18(20(24)31)21(27-30)26-16-4-2-15(22)3-5-16/h2-6,8,13-14,19H,7,9,11-12H2,1H3,(H2,24,31)(H,26,27)/t14-,19-/m1/s1. The first-order valence-corrected chi connectivity index (χ1v) is 9.95. The molecule has 3 aromatic rings. The number of primary amides is 1. The van der Waals surface area contributed by atoms with E-state index in [9.17, 15) is 14.4 Å². The maximum atomic E-state index is 13.2. The molecule has 1 aromatic carbocycles. The number of likely N-dealkylation sites (tertiary alicyclic amines) is 1. The van der Waals surface area contributed by atoms with Crippen molar-refractivity contribution in [3.05, 3.63) is 59.8 Å². The number of benzene rings is 1. The molecule has 1 aliphatic rings. The van der Waals surface area contributed by atoms with Gasteiger partial charge in [0, 0.05) is 44.8 Å². The van der Waals surface area contributed by atoms with Crippen molar-refractivity contribution in [1.29, 1.82) is 5.26 Å². The Balaban J connectivity index is 1.53. The molecule has 0 unspecified atom stereocenters. The van der Waals surface area contributed by atoms with Crippen LogP contribution >= 0.6 is 0 Å². The number of hydrogen-bond acceptors (Lipinski definition) is 6. The molecule has 0 saturated carbocycles. The van der Waals surface area contributed by atoms with Crippen LogP contribution in [0.5, 0.6) is 0 Å². The normalized spacial score (nSPS) is 19.1. The van der Waals surface area contributed by atoms with Gasteiger partial charge in [0.25, 0.3) is 5.91 Å². The highest BCUT2D eigenvalue weighted by Gasteiger charge is 2.32. The van der Waals surface area contributed by atoms with E-state index in [0.717, 1.165) is 12.2 Å². The fraction of sp³-hybridized carbons (Fsp3) is 0.333. The van der Waals surface area contributed by atoms with Gasteiger partial charge in [0.1, 0.15) is 11.4 Å². The Labute approximate surface area is 178 Å². The largest absolute Gasteiger partial charge is 0.365 e. The second kappa shape index (κ2) is 8.57. The van der Waals surface area contributed by atoms with Crippen LogP contribution in [0.15, 0.2) is 42.7 Å². The zero-order valence-corrected chi connectivity index (χ0v) is 17.1. The van der Waals surface area contributed by atoms with Crippen molar-refractivity contribution in [2.24, 2.45) is 18.7 Å². The summed E-state index contributed by atoms with van der Waals surface area (Å²) in [5.74, 6) is -1.01. The molecule has 9 nitrogen and oxygen atoms in total. The van der Waals surface area contributed by atoms with Crippen LogP contribution in [0, 0.1) is 23.1 Å². The average Bonchev–Trinajstić information content (AvgIpc) is 3.36. The minimum Gasteiger partial charge on any atom is -0.365 e. The molecule has 3 heterocycles. The molecule has 0 aliphatic carbocycles. The van der Waals surface area contributed by atoms with Crippen molar-refractivity contribution in [3.8, 4) is 6.07 Å². The molecule has 1 amide bonds. The van der Waals surface area contributed by atoms with Gasteiger partial charge in [-0.3, -0.25) is 19.1 Å². The van der Waals surface area contributed by atoms with E-state index in [2.05, 4.69) is 26.5 Å². The molecule has 10 heteroatoms. The third-order valence-corrected chi connectivity index (χ3v) is 5.58. The molecule has 0 spiro atoms. The minimum absolute atomic E-state index is 0.186. The molecule has 0 bridgehead atoms. The van der Waals surface area contributed by atoms with Crippen LogP contribution in [-0.4, -0.2) is 43.5 Å². The van der Waals surface area contributed by atoms with Crippen LogP contribution in [-0.2, 0) is 13.6 Å². The summed E-state index contributed by atoms with van der Waals surface area (Å²) in [7, 11) is 1.90. The Kier molecular flexibility index (Phi) is 5.68.